The molecule has 0 saturated heterocycles. The van der Waals surface area contributed by atoms with Crippen LogP contribution in [0, 0.1) is 11.3 Å². The first-order valence-electron chi connectivity index (χ1n) is 9.58. The number of nitrogens with zero attached hydrogens (tertiary/aromatic N) is 3. The molecule has 0 aliphatic heterocycles. The summed E-state index contributed by atoms with van der Waals surface area (Å²) in [5, 5.41) is 14.9. The van der Waals surface area contributed by atoms with Crippen LogP contribution in [0.15, 0.2) is 53.7 Å². The third-order valence-electron chi connectivity index (χ3n) is 5.13. The van der Waals surface area contributed by atoms with E-state index in [1.807, 2.05) is 49.4 Å². The van der Waals surface area contributed by atoms with Gasteiger partial charge in [0.15, 0.2) is 0 Å². The Balaban J connectivity index is 1.99. The topological polar surface area (TPSA) is 67.5 Å². The van der Waals surface area contributed by atoms with Crippen LogP contribution in [-0.2, 0) is 23.1 Å². The van der Waals surface area contributed by atoms with Gasteiger partial charge in [-0.25, -0.2) is 4.98 Å². The van der Waals surface area contributed by atoms with Gasteiger partial charge in [-0.3, -0.25) is 0 Å². The molecule has 3 rings (SSSR count). The Kier molecular flexibility index (Phi) is 6.13. The highest BCUT2D eigenvalue weighted by Crippen LogP contribution is 2.31. The molecule has 0 fully saturated rings. The molecule has 1 heterocycles. The molecule has 0 N–H and O–H groups in total. The van der Waals surface area contributed by atoms with Crippen molar-refractivity contribution in [2.45, 2.75) is 32.1 Å². The Morgan fingerprint density at radius 2 is 2.00 bits per heavy atom. The average molecular weight is 387 g/mol. The molecule has 5 heteroatoms. The van der Waals surface area contributed by atoms with Crippen molar-refractivity contribution in [1.29, 1.82) is 5.26 Å². The third-order valence-corrected chi connectivity index (χ3v) is 5.13. The van der Waals surface area contributed by atoms with E-state index in [4.69, 9.17) is 9.57 Å². The van der Waals surface area contributed by atoms with Crippen LogP contribution in [-0.4, -0.2) is 25.4 Å². The van der Waals surface area contributed by atoms with Crippen LogP contribution >= 0.6 is 0 Å². The van der Waals surface area contributed by atoms with Crippen molar-refractivity contribution in [3.63, 3.8) is 0 Å². The molecule has 2 aromatic carbocycles. The van der Waals surface area contributed by atoms with Gasteiger partial charge in [0, 0.05) is 10.9 Å². The zero-order valence-corrected chi connectivity index (χ0v) is 17.3. The van der Waals surface area contributed by atoms with Crippen LogP contribution < -0.4 is 4.74 Å². The van der Waals surface area contributed by atoms with Gasteiger partial charge in [-0.1, -0.05) is 48.5 Å². The summed E-state index contributed by atoms with van der Waals surface area (Å²) in [5.41, 5.74) is 4.14. The maximum atomic E-state index is 10.0. The van der Waals surface area contributed by atoms with Crippen LogP contribution in [0.5, 0.6) is 5.88 Å². The molecule has 29 heavy (non-hydrogen) atoms. The zero-order valence-electron chi connectivity index (χ0n) is 17.3. The van der Waals surface area contributed by atoms with E-state index >= 15 is 0 Å². The minimum Gasteiger partial charge on any atom is -0.481 e. The van der Waals surface area contributed by atoms with Crippen LogP contribution in [0.25, 0.3) is 10.9 Å². The molecule has 5 nitrogen and oxygen atoms in total. The van der Waals surface area contributed by atoms with Gasteiger partial charge in [0.05, 0.1) is 30.3 Å². The quantitative estimate of drug-likeness (QED) is 0.431. The van der Waals surface area contributed by atoms with Gasteiger partial charge in [-0.15, -0.1) is 0 Å². The Bertz CT molecular complexity index is 1090. The van der Waals surface area contributed by atoms with Gasteiger partial charge in [0.1, 0.15) is 7.11 Å². The summed E-state index contributed by atoms with van der Waals surface area (Å²) in [6.45, 7) is 4.04. The molecule has 0 saturated carbocycles. The molecule has 0 spiro atoms. The summed E-state index contributed by atoms with van der Waals surface area (Å²) in [5.74, 6) is 0.640. The maximum absolute atomic E-state index is 10.0. The SMILES string of the molecule is CCc1cc2ccc(C(C)(C#N)Cc3cccc(C=NOC)c3)cc2nc1OC. The van der Waals surface area contributed by atoms with Crippen molar-refractivity contribution < 1.29 is 9.57 Å². The summed E-state index contributed by atoms with van der Waals surface area (Å²) >= 11 is 0. The van der Waals surface area contributed by atoms with Gasteiger partial charge in [0.25, 0.3) is 0 Å². The van der Waals surface area contributed by atoms with Gasteiger partial charge in [-0.2, -0.15) is 5.26 Å². The predicted octanol–water partition coefficient (Wildman–Crippen LogP) is 4.81. The van der Waals surface area contributed by atoms with E-state index in [0.29, 0.717) is 12.3 Å². The lowest BCUT2D eigenvalue weighted by atomic mass is 9.78. The highest BCUT2D eigenvalue weighted by atomic mass is 16.6. The molecule has 0 aliphatic carbocycles. The fourth-order valence-electron chi connectivity index (χ4n) is 3.48. The van der Waals surface area contributed by atoms with Crippen molar-refractivity contribution in [3.05, 3.63) is 70.8 Å². The maximum Gasteiger partial charge on any atom is 0.216 e. The average Bonchev–Trinajstić information content (AvgIpc) is 2.76. The number of aryl methyl sites for hydroxylation is 1. The van der Waals surface area contributed by atoms with Crippen LogP contribution in [0.4, 0.5) is 0 Å². The van der Waals surface area contributed by atoms with E-state index < -0.39 is 5.41 Å². The van der Waals surface area contributed by atoms with Gasteiger partial charge in [-0.05, 0) is 48.6 Å². The number of methoxy groups -OCH3 is 1. The number of aromatic nitrogens is 1. The fourth-order valence-corrected chi connectivity index (χ4v) is 3.48. The van der Waals surface area contributed by atoms with E-state index in [-0.39, 0.29) is 0 Å². The number of hydrogen-bond donors (Lipinski definition) is 0. The standard InChI is InChI=1S/C24H25N3O2/c1-5-19-12-20-9-10-21(13-22(20)27-23(19)28-3)24(2,16-25)14-17-7-6-8-18(11-17)15-26-29-4/h6-13,15H,5,14H2,1-4H3. The molecule has 1 atom stereocenters. The summed E-state index contributed by atoms with van der Waals surface area (Å²) < 4.78 is 5.44. The summed E-state index contributed by atoms with van der Waals surface area (Å²) in [6.07, 6.45) is 3.09. The number of pyridine rings is 1. The minimum atomic E-state index is -0.691. The first kappa shape index (κ1) is 20.3. The number of rotatable bonds is 7. The highest BCUT2D eigenvalue weighted by Gasteiger charge is 2.27. The van der Waals surface area contributed by atoms with E-state index in [1.165, 1.54) is 7.11 Å². The third kappa shape index (κ3) is 4.38. The molecule has 0 bridgehead atoms. The number of benzene rings is 2. The summed E-state index contributed by atoms with van der Waals surface area (Å²) in [7, 11) is 3.15. The van der Waals surface area contributed by atoms with Crippen molar-refractivity contribution in [2.24, 2.45) is 5.16 Å². The Hall–Kier alpha value is -3.39. The Labute approximate surface area is 171 Å². The smallest absolute Gasteiger partial charge is 0.216 e. The van der Waals surface area contributed by atoms with Gasteiger partial charge in [0.2, 0.25) is 5.88 Å². The fraction of sp³-hybridized carbons (Fsp3) is 0.292. The van der Waals surface area contributed by atoms with Crippen LogP contribution in [0.2, 0.25) is 0 Å². The monoisotopic (exact) mass is 387 g/mol. The molecule has 3 aromatic rings. The summed E-state index contributed by atoms with van der Waals surface area (Å²) in [6, 6.07) is 18.6. The lowest BCUT2D eigenvalue weighted by Crippen LogP contribution is -2.23. The van der Waals surface area contributed by atoms with E-state index in [0.717, 1.165) is 39.6 Å². The second-order valence-electron chi connectivity index (χ2n) is 7.20. The number of nitriles is 1. The van der Waals surface area contributed by atoms with Crippen LogP contribution in [0.1, 0.15) is 36.1 Å². The largest absolute Gasteiger partial charge is 0.481 e. The molecule has 0 aliphatic rings. The van der Waals surface area contributed by atoms with Crippen molar-refractivity contribution >= 4 is 17.1 Å². The van der Waals surface area contributed by atoms with E-state index in [1.54, 1.807) is 13.3 Å². The summed E-state index contributed by atoms with van der Waals surface area (Å²) in [4.78, 5) is 9.42. The van der Waals surface area contributed by atoms with Crippen molar-refractivity contribution in [3.8, 4) is 11.9 Å². The van der Waals surface area contributed by atoms with Gasteiger partial charge >= 0.3 is 0 Å². The molecule has 1 aromatic heterocycles. The lowest BCUT2D eigenvalue weighted by Gasteiger charge is -2.23. The number of fused-ring (bicyclic) bond motifs is 1. The molecule has 1 unspecified atom stereocenters. The van der Waals surface area contributed by atoms with Crippen LogP contribution in [0.3, 0.4) is 0 Å². The first-order chi connectivity index (χ1) is 14.0. The van der Waals surface area contributed by atoms with E-state index in [2.05, 4.69) is 29.2 Å². The molecular weight excluding hydrogens is 362 g/mol. The Morgan fingerprint density at radius 1 is 1.17 bits per heavy atom. The number of ether oxygens (including phenoxy) is 1. The molecule has 0 radical (unpaired) electrons. The highest BCUT2D eigenvalue weighted by molar-refractivity contribution is 5.81. The van der Waals surface area contributed by atoms with Crippen molar-refractivity contribution in [1.82, 2.24) is 4.98 Å². The normalized spacial score (nSPS) is 13.2. The zero-order chi connectivity index (χ0) is 20.9. The lowest BCUT2D eigenvalue weighted by molar-refractivity contribution is 0.215. The Morgan fingerprint density at radius 3 is 2.69 bits per heavy atom. The predicted molar refractivity (Wildman–Crippen MR) is 115 cm³/mol. The number of oxime groups is 1. The second-order valence-corrected chi connectivity index (χ2v) is 7.20. The molecule has 0 amide bonds. The van der Waals surface area contributed by atoms with Gasteiger partial charge < -0.3 is 9.57 Å². The number of hydrogen-bond acceptors (Lipinski definition) is 5. The van der Waals surface area contributed by atoms with E-state index in [9.17, 15) is 5.26 Å². The molecule has 148 valence electrons. The van der Waals surface area contributed by atoms with Crippen molar-refractivity contribution in [2.75, 3.05) is 14.2 Å². The minimum absolute atomic E-state index is 0.577. The molecular formula is C24H25N3O2. The second kappa shape index (κ2) is 8.74. The first-order valence-corrected chi connectivity index (χ1v) is 9.58.